The van der Waals surface area contributed by atoms with Crippen molar-refractivity contribution < 1.29 is 9.13 Å². The number of para-hydroxylation sites is 2. The highest BCUT2D eigenvalue weighted by Crippen LogP contribution is 2.29. The van der Waals surface area contributed by atoms with E-state index >= 15 is 0 Å². The van der Waals surface area contributed by atoms with Crippen LogP contribution in [0.2, 0.25) is 0 Å². The van der Waals surface area contributed by atoms with E-state index in [1.165, 1.54) is 6.07 Å². The summed E-state index contributed by atoms with van der Waals surface area (Å²) in [5.74, 6) is 2.58. The van der Waals surface area contributed by atoms with E-state index in [0.717, 1.165) is 45.9 Å². The molecule has 160 valence electrons. The number of halogens is 1. The molecule has 0 amide bonds. The number of nitrogens with zero attached hydrogens (tertiary/aromatic N) is 2. The van der Waals surface area contributed by atoms with E-state index in [9.17, 15) is 4.39 Å². The quantitative estimate of drug-likeness (QED) is 0.372. The maximum absolute atomic E-state index is 14.2. The van der Waals surface area contributed by atoms with Crippen molar-refractivity contribution in [1.82, 2.24) is 15.0 Å². The molecule has 31 heavy (non-hydrogen) atoms. The molecule has 0 saturated heterocycles. The molecule has 2 aromatic heterocycles. The fourth-order valence-electron chi connectivity index (χ4n) is 3.88. The van der Waals surface area contributed by atoms with Gasteiger partial charge in [-0.15, -0.1) is 0 Å². The van der Waals surface area contributed by atoms with E-state index in [2.05, 4.69) is 25.6 Å². The second-order valence-corrected chi connectivity index (χ2v) is 7.53. The molecule has 0 saturated carbocycles. The first kappa shape index (κ1) is 20.7. The summed E-state index contributed by atoms with van der Waals surface area (Å²) < 4.78 is 19.6. The zero-order valence-electron chi connectivity index (χ0n) is 18.1. The highest BCUT2D eigenvalue weighted by molar-refractivity contribution is 5.88. The minimum absolute atomic E-state index is 0.221. The normalized spacial score (nSPS) is 11.0. The van der Waals surface area contributed by atoms with E-state index in [1.807, 2.05) is 57.2 Å². The van der Waals surface area contributed by atoms with E-state index < -0.39 is 0 Å². The molecule has 2 aromatic carbocycles. The molecule has 0 atom stereocenters. The summed E-state index contributed by atoms with van der Waals surface area (Å²) >= 11 is 0. The van der Waals surface area contributed by atoms with Crippen LogP contribution in [0.3, 0.4) is 0 Å². The zero-order chi connectivity index (χ0) is 22.0. The van der Waals surface area contributed by atoms with Crippen LogP contribution in [-0.2, 0) is 6.42 Å². The van der Waals surface area contributed by atoms with Crippen molar-refractivity contribution in [2.24, 2.45) is 0 Å². The Hall–Kier alpha value is -3.61. The average Bonchev–Trinajstić information content (AvgIpc) is 3.08. The summed E-state index contributed by atoms with van der Waals surface area (Å²) in [6.45, 7) is 6.51. The Balaban J connectivity index is 1.51. The summed E-state index contributed by atoms with van der Waals surface area (Å²) in [4.78, 5) is 12.2. The fraction of sp³-hybridized carbons (Fsp3) is 0.250. The number of hydrogen-bond donors (Lipinski definition) is 3. The summed E-state index contributed by atoms with van der Waals surface area (Å²) in [5, 5.41) is 7.64. The van der Waals surface area contributed by atoms with Crippen molar-refractivity contribution in [3.8, 4) is 5.75 Å². The van der Waals surface area contributed by atoms with Crippen LogP contribution < -0.4 is 15.4 Å². The Morgan fingerprint density at radius 3 is 2.61 bits per heavy atom. The molecule has 0 spiro atoms. The van der Waals surface area contributed by atoms with Crippen molar-refractivity contribution in [1.29, 1.82) is 0 Å². The molecule has 0 aliphatic carbocycles. The second-order valence-electron chi connectivity index (χ2n) is 7.53. The molecule has 0 fully saturated rings. The Kier molecular flexibility index (Phi) is 5.75. The van der Waals surface area contributed by atoms with Gasteiger partial charge in [0.2, 0.25) is 0 Å². The van der Waals surface area contributed by atoms with Gasteiger partial charge in [-0.1, -0.05) is 18.2 Å². The summed E-state index contributed by atoms with van der Waals surface area (Å²) in [5.41, 5.74) is 4.59. The number of hydrogen-bond acceptors (Lipinski definition) is 5. The van der Waals surface area contributed by atoms with Crippen molar-refractivity contribution in [3.63, 3.8) is 0 Å². The van der Waals surface area contributed by atoms with E-state index in [0.29, 0.717) is 23.7 Å². The van der Waals surface area contributed by atoms with Gasteiger partial charge in [0.1, 0.15) is 29.0 Å². The van der Waals surface area contributed by atoms with Crippen molar-refractivity contribution in [2.45, 2.75) is 27.2 Å². The summed E-state index contributed by atoms with van der Waals surface area (Å²) in [6.07, 6.45) is 0.744. The minimum atomic E-state index is -0.221. The van der Waals surface area contributed by atoms with Gasteiger partial charge in [0.05, 0.1) is 18.3 Å². The number of ether oxygens (including phenoxy) is 1. The first-order chi connectivity index (χ1) is 15.0. The molecule has 0 aliphatic heterocycles. The van der Waals surface area contributed by atoms with Gasteiger partial charge in [-0.25, -0.2) is 14.4 Å². The lowest BCUT2D eigenvalue weighted by Crippen LogP contribution is -2.09. The number of methoxy groups -OCH3 is 1. The number of nitrogens with one attached hydrogen (secondary N) is 3. The molecule has 0 bridgehead atoms. The maximum Gasteiger partial charge on any atom is 0.147 e. The van der Waals surface area contributed by atoms with Crippen LogP contribution in [0.15, 0.2) is 42.5 Å². The van der Waals surface area contributed by atoms with Crippen LogP contribution in [-0.4, -0.2) is 28.6 Å². The van der Waals surface area contributed by atoms with Gasteiger partial charge < -0.3 is 20.4 Å². The number of benzene rings is 2. The molecule has 3 N–H and O–H groups in total. The van der Waals surface area contributed by atoms with Gasteiger partial charge in [0.25, 0.3) is 0 Å². The molecule has 0 radical (unpaired) electrons. The number of aryl methyl sites for hydroxylation is 3. The van der Waals surface area contributed by atoms with E-state index in [1.54, 1.807) is 7.11 Å². The lowest BCUT2D eigenvalue weighted by molar-refractivity contribution is 0.417. The molecular formula is C24H26FN5O. The lowest BCUT2D eigenvalue weighted by Gasteiger charge is -2.12. The van der Waals surface area contributed by atoms with Crippen LogP contribution in [0.4, 0.5) is 21.7 Å². The summed E-state index contributed by atoms with van der Waals surface area (Å²) in [7, 11) is 1.64. The van der Waals surface area contributed by atoms with Gasteiger partial charge in [0, 0.05) is 23.7 Å². The maximum atomic E-state index is 14.2. The average molecular weight is 420 g/mol. The molecule has 2 heterocycles. The monoisotopic (exact) mass is 419 g/mol. The van der Waals surface area contributed by atoms with Gasteiger partial charge in [-0.2, -0.15) is 0 Å². The molecule has 7 heteroatoms. The SMILES string of the molecule is COc1ccccc1Nc1cc(NCCc2c(C)[nH]c3c(F)ccc(C)c23)nc(C)n1. The molecule has 4 rings (SSSR count). The van der Waals surface area contributed by atoms with Gasteiger partial charge in [-0.05, 0) is 56.5 Å². The first-order valence-electron chi connectivity index (χ1n) is 10.2. The number of rotatable bonds is 7. The van der Waals surface area contributed by atoms with Gasteiger partial charge >= 0.3 is 0 Å². The number of aromatic amines is 1. The van der Waals surface area contributed by atoms with Crippen LogP contribution in [0.25, 0.3) is 10.9 Å². The minimum Gasteiger partial charge on any atom is -0.495 e. The van der Waals surface area contributed by atoms with E-state index in [-0.39, 0.29) is 5.82 Å². The third-order valence-electron chi connectivity index (χ3n) is 5.32. The number of aromatic nitrogens is 3. The molecule has 6 nitrogen and oxygen atoms in total. The number of anilines is 3. The Bertz CT molecular complexity index is 1230. The molecule has 0 aliphatic rings. The second kappa shape index (κ2) is 8.63. The van der Waals surface area contributed by atoms with E-state index in [4.69, 9.17) is 4.74 Å². The van der Waals surface area contributed by atoms with Crippen LogP contribution in [0.5, 0.6) is 5.75 Å². The Labute approximate surface area is 180 Å². The smallest absolute Gasteiger partial charge is 0.147 e. The van der Waals surface area contributed by atoms with Crippen LogP contribution >= 0.6 is 0 Å². The molecule has 0 unspecified atom stereocenters. The Morgan fingerprint density at radius 1 is 1.03 bits per heavy atom. The largest absolute Gasteiger partial charge is 0.495 e. The van der Waals surface area contributed by atoms with Gasteiger partial charge in [0.15, 0.2) is 0 Å². The highest BCUT2D eigenvalue weighted by Gasteiger charge is 2.14. The number of H-pyrrole nitrogens is 1. The van der Waals surface area contributed by atoms with Gasteiger partial charge in [-0.3, -0.25) is 0 Å². The van der Waals surface area contributed by atoms with Crippen molar-refractivity contribution in [2.75, 3.05) is 24.3 Å². The fourth-order valence-corrected chi connectivity index (χ4v) is 3.88. The zero-order valence-corrected chi connectivity index (χ0v) is 18.1. The third kappa shape index (κ3) is 4.30. The summed E-state index contributed by atoms with van der Waals surface area (Å²) in [6, 6.07) is 12.9. The van der Waals surface area contributed by atoms with Crippen molar-refractivity contribution >= 4 is 28.2 Å². The molecular weight excluding hydrogens is 393 g/mol. The van der Waals surface area contributed by atoms with Crippen LogP contribution in [0, 0.1) is 26.6 Å². The highest BCUT2D eigenvalue weighted by atomic mass is 19.1. The first-order valence-corrected chi connectivity index (χ1v) is 10.2. The molecule has 4 aromatic rings. The topological polar surface area (TPSA) is 74.9 Å². The van der Waals surface area contributed by atoms with Crippen LogP contribution in [0.1, 0.15) is 22.6 Å². The predicted octanol–water partition coefficient (Wildman–Crippen LogP) is 5.43. The lowest BCUT2D eigenvalue weighted by atomic mass is 10.0. The number of fused-ring (bicyclic) bond motifs is 1. The third-order valence-corrected chi connectivity index (χ3v) is 5.32. The Morgan fingerprint density at radius 2 is 1.81 bits per heavy atom. The predicted molar refractivity (Wildman–Crippen MR) is 123 cm³/mol. The van der Waals surface area contributed by atoms with Crippen molar-refractivity contribution in [3.05, 3.63) is 70.9 Å². The standard InChI is InChI=1S/C24H26FN5O/c1-14-9-10-18(25)24-23(14)17(15(2)27-24)11-12-26-21-13-22(29-16(3)28-21)30-19-7-5-6-8-20(19)31-4/h5-10,13,27H,11-12H2,1-4H3,(H2,26,28,29,30).